The third kappa shape index (κ3) is 3.52. The molecular formula is C20H23N5OS. The van der Waals surface area contributed by atoms with Crippen LogP contribution in [0.1, 0.15) is 22.3 Å². The van der Waals surface area contributed by atoms with Crippen molar-refractivity contribution in [1.29, 1.82) is 0 Å². The maximum atomic E-state index is 12.7. The lowest BCUT2D eigenvalue weighted by Crippen LogP contribution is -2.34. The minimum Gasteiger partial charge on any atom is -0.339 e. The lowest BCUT2D eigenvalue weighted by molar-refractivity contribution is 0.0783. The molecule has 1 atom stereocenters. The first-order valence-electron chi connectivity index (χ1n) is 9.04. The van der Waals surface area contributed by atoms with Crippen molar-refractivity contribution in [3.05, 3.63) is 47.1 Å². The molecule has 140 valence electrons. The Morgan fingerprint density at radius 1 is 1.26 bits per heavy atom. The topological polar surface area (TPSA) is 61.4 Å². The van der Waals surface area contributed by atoms with E-state index >= 15 is 0 Å². The summed E-state index contributed by atoms with van der Waals surface area (Å²) in [4.78, 5) is 25.6. The molecule has 1 unspecified atom stereocenters. The van der Waals surface area contributed by atoms with E-state index in [1.54, 1.807) is 17.7 Å². The van der Waals surface area contributed by atoms with E-state index in [0.717, 1.165) is 52.4 Å². The quantitative estimate of drug-likeness (QED) is 0.749. The van der Waals surface area contributed by atoms with E-state index in [1.807, 2.05) is 29.2 Å². The highest BCUT2D eigenvalue weighted by molar-refractivity contribution is 7.18. The van der Waals surface area contributed by atoms with Crippen LogP contribution >= 0.6 is 11.3 Å². The van der Waals surface area contributed by atoms with E-state index in [9.17, 15) is 4.79 Å². The summed E-state index contributed by atoms with van der Waals surface area (Å²) < 4.78 is 1.04. The van der Waals surface area contributed by atoms with E-state index in [-0.39, 0.29) is 5.91 Å². The molecular weight excluding hydrogens is 358 g/mol. The smallest absolute Gasteiger partial charge is 0.253 e. The molecule has 0 radical (unpaired) electrons. The van der Waals surface area contributed by atoms with Crippen LogP contribution in [0.4, 0.5) is 11.5 Å². The Morgan fingerprint density at radius 3 is 2.74 bits per heavy atom. The number of aryl methyl sites for hydroxylation is 1. The lowest BCUT2D eigenvalue weighted by atomic mass is 10.2. The zero-order valence-corrected chi connectivity index (χ0v) is 16.6. The summed E-state index contributed by atoms with van der Waals surface area (Å²) >= 11 is 1.63. The largest absolute Gasteiger partial charge is 0.339 e. The highest BCUT2D eigenvalue weighted by atomic mass is 32.1. The number of hydrogen-bond donors (Lipinski definition) is 1. The molecule has 1 saturated heterocycles. The lowest BCUT2D eigenvalue weighted by Gasteiger charge is -2.20. The second kappa shape index (κ2) is 7.25. The van der Waals surface area contributed by atoms with Crippen molar-refractivity contribution in [2.45, 2.75) is 19.4 Å². The summed E-state index contributed by atoms with van der Waals surface area (Å²) in [5, 5.41) is 5.43. The molecule has 3 heterocycles. The van der Waals surface area contributed by atoms with E-state index in [4.69, 9.17) is 0 Å². The van der Waals surface area contributed by atoms with Gasteiger partial charge in [-0.25, -0.2) is 9.97 Å². The number of carbonyl (C=O) groups is 1. The number of amides is 1. The predicted molar refractivity (Wildman–Crippen MR) is 110 cm³/mol. The number of nitrogens with one attached hydrogen (secondary N) is 1. The Bertz CT molecular complexity index is 966. The summed E-state index contributed by atoms with van der Waals surface area (Å²) in [5.41, 5.74) is 3.77. The van der Waals surface area contributed by atoms with Crippen molar-refractivity contribution in [2.24, 2.45) is 0 Å². The number of likely N-dealkylation sites (N-methyl/N-ethyl adjacent to an activating group) is 1. The number of aromatic nitrogens is 2. The average Bonchev–Trinajstić information content (AvgIpc) is 3.30. The fourth-order valence-electron chi connectivity index (χ4n) is 3.42. The van der Waals surface area contributed by atoms with Gasteiger partial charge in [0.05, 0.1) is 10.2 Å². The molecule has 27 heavy (non-hydrogen) atoms. The molecule has 0 aliphatic carbocycles. The Balaban J connectivity index is 1.48. The summed E-state index contributed by atoms with van der Waals surface area (Å²) in [6, 6.07) is 8.07. The van der Waals surface area contributed by atoms with Gasteiger partial charge in [-0.2, -0.15) is 0 Å². The standard InChI is InChI=1S/C20H23N5OS/c1-13-11-27-18-17(13)21-12-22-19(18)23-15-6-4-14(5-7-15)20(26)25-9-8-16(10-25)24(2)3/h4-7,11-12,16H,8-10H2,1-3H3,(H,21,22,23). The van der Waals surface area contributed by atoms with Gasteiger partial charge in [-0.05, 0) is 62.6 Å². The molecule has 2 aromatic heterocycles. The number of thiophene rings is 1. The minimum atomic E-state index is 0.101. The van der Waals surface area contributed by atoms with Crippen molar-refractivity contribution in [3.8, 4) is 0 Å². The molecule has 6 nitrogen and oxygen atoms in total. The molecule has 4 rings (SSSR count). The van der Waals surface area contributed by atoms with Gasteiger partial charge in [0.2, 0.25) is 0 Å². The first-order chi connectivity index (χ1) is 13.0. The molecule has 1 fully saturated rings. The highest BCUT2D eigenvalue weighted by Crippen LogP contribution is 2.30. The predicted octanol–water partition coefficient (Wildman–Crippen LogP) is 3.52. The van der Waals surface area contributed by atoms with Gasteiger partial charge < -0.3 is 15.1 Å². The zero-order valence-electron chi connectivity index (χ0n) is 15.8. The monoisotopic (exact) mass is 381 g/mol. The van der Waals surface area contributed by atoms with Crippen molar-refractivity contribution in [2.75, 3.05) is 32.5 Å². The molecule has 0 spiro atoms. The molecule has 1 N–H and O–H groups in total. The maximum Gasteiger partial charge on any atom is 0.253 e. The molecule has 1 aliphatic rings. The summed E-state index contributed by atoms with van der Waals surface area (Å²) in [6.07, 6.45) is 2.61. The van der Waals surface area contributed by atoms with Crippen molar-refractivity contribution < 1.29 is 4.79 Å². The van der Waals surface area contributed by atoms with E-state index < -0.39 is 0 Å². The highest BCUT2D eigenvalue weighted by Gasteiger charge is 2.27. The summed E-state index contributed by atoms with van der Waals surface area (Å²) in [5.74, 6) is 0.898. The SMILES string of the molecule is Cc1csc2c(Nc3ccc(C(=O)N4CCC(N(C)C)C4)cc3)ncnc12. The molecule has 0 bridgehead atoms. The molecule has 7 heteroatoms. The Labute approximate surface area is 162 Å². The van der Waals surface area contributed by atoms with Gasteiger partial charge in [0, 0.05) is 30.4 Å². The van der Waals surface area contributed by atoms with Gasteiger partial charge in [-0.15, -0.1) is 11.3 Å². The van der Waals surface area contributed by atoms with Crippen LogP contribution in [0.2, 0.25) is 0 Å². The normalized spacial score (nSPS) is 17.0. The van der Waals surface area contributed by atoms with Gasteiger partial charge in [0.15, 0.2) is 5.82 Å². The van der Waals surface area contributed by atoms with Crippen LogP contribution in [-0.2, 0) is 0 Å². The first-order valence-corrected chi connectivity index (χ1v) is 9.92. The molecule has 1 aromatic carbocycles. The fourth-order valence-corrected chi connectivity index (χ4v) is 4.37. The number of likely N-dealkylation sites (tertiary alicyclic amines) is 1. The number of carbonyl (C=O) groups excluding carboxylic acids is 1. The summed E-state index contributed by atoms with van der Waals surface area (Å²) in [6.45, 7) is 3.66. The van der Waals surface area contributed by atoms with Crippen molar-refractivity contribution in [1.82, 2.24) is 19.8 Å². The van der Waals surface area contributed by atoms with Gasteiger partial charge in [0.25, 0.3) is 5.91 Å². The van der Waals surface area contributed by atoms with Crippen LogP contribution in [0.25, 0.3) is 10.2 Å². The number of rotatable bonds is 4. The second-order valence-electron chi connectivity index (χ2n) is 7.18. The first kappa shape index (κ1) is 17.9. The zero-order chi connectivity index (χ0) is 19.0. The third-order valence-corrected chi connectivity index (χ3v) is 6.20. The molecule has 0 saturated carbocycles. The number of nitrogens with zero attached hydrogens (tertiary/aromatic N) is 4. The Kier molecular flexibility index (Phi) is 4.80. The third-order valence-electron chi connectivity index (χ3n) is 5.11. The number of benzene rings is 1. The number of hydrogen-bond acceptors (Lipinski definition) is 6. The Morgan fingerprint density at radius 2 is 2.04 bits per heavy atom. The van der Waals surface area contributed by atoms with E-state index in [0.29, 0.717) is 6.04 Å². The van der Waals surface area contributed by atoms with Crippen LogP contribution in [0.5, 0.6) is 0 Å². The molecule has 3 aromatic rings. The minimum absolute atomic E-state index is 0.101. The maximum absolute atomic E-state index is 12.7. The Hall–Kier alpha value is -2.51. The van der Waals surface area contributed by atoms with Gasteiger partial charge in [-0.3, -0.25) is 4.79 Å². The van der Waals surface area contributed by atoms with Gasteiger partial charge in [0.1, 0.15) is 6.33 Å². The van der Waals surface area contributed by atoms with Crippen LogP contribution in [-0.4, -0.2) is 58.9 Å². The van der Waals surface area contributed by atoms with Crippen molar-refractivity contribution >= 4 is 39.0 Å². The van der Waals surface area contributed by atoms with Crippen LogP contribution < -0.4 is 5.32 Å². The van der Waals surface area contributed by atoms with Gasteiger partial charge in [-0.1, -0.05) is 0 Å². The summed E-state index contributed by atoms with van der Waals surface area (Å²) in [7, 11) is 4.14. The van der Waals surface area contributed by atoms with Crippen LogP contribution in [0.15, 0.2) is 36.0 Å². The van der Waals surface area contributed by atoms with Gasteiger partial charge >= 0.3 is 0 Å². The second-order valence-corrected chi connectivity index (χ2v) is 8.06. The van der Waals surface area contributed by atoms with E-state index in [1.165, 1.54) is 0 Å². The average molecular weight is 382 g/mol. The number of fused-ring (bicyclic) bond motifs is 1. The van der Waals surface area contributed by atoms with Crippen molar-refractivity contribution in [3.63, 3.8) is 0 Å². The molecule has 1 amide bonds. The van der Waals surface area contributed by atoms with E-state index in [2.05, 4.69) is 46.6 Å². The van der Waals surface area contributed by atoms with Crippen LogP contribution in [0.3, 0.4) is 0 Å². The molecule has 1 aliphatic heterocycles. The van der Waals surface area contributed by atoms with Crippen LogP contribution in [0, 0.1) is 6.92 Å². The fraction of sp³-hybridized carbons (Fsp3) is 0.350. The number of anilines is 2.